The van der Waals surface area contributed by atoms with Crippen LogP contribution in [-0.4, -0.2) is 70.0 Å². The highest BCUT2D eigenvalue weighted by Gasteiger charge is 2.39. The van der Waals surface area contributed by atoms with E-state index in [9.17, 15) is 22.8 Å². The van der Waals surface area contributed by atoms with Gasteiger partial charge in [0.05, 0.1) is 18.3 Å². The zero-order valence-corrected chi connectivity index (χ0v) is 17.9. The molecular formula is C20H28F3N5O3. The molecule has 8 nitrogen and oxygen atoms in total. The number of hydrogen-bond acceptors (Lipinski definition) is 6. The SMILES string of the molecule is CC(C)c1nc2c(c(C(F)(F)F)n1)CCN(C(=O)C[C@H](N)CN1C[C@H](C)OCC1=O)C2. The minimum Gasteiger partial charge on any atom is -0.367 e. The average molecular weight is 443 g/mol. The van der Waals surface area contributed by atoms with Gasteiger partial charge in [0.1, 0.15) is 12.4 Å². The van der Waals surface area contributed by atoms with Gasteiger partial charge in [0.15, 0.2) is 5.69 Å². The number of carbonyl (C=O) groups excluding carboxylic acids is 2. The molecule has 1 aromatic rings. The number of carbonyl (C=O) groups is 2. The van der Waals surface area contributed by atoms with Gasteiger partial charge in [-0.3, -0.25) is 9.59 Å². The van der Waals surface area contributed by atoms with Crippen molar-refractivity contribution in [3.8, 4) is 0 Å². The lowest BCUT2D eigenvalue weighted by Gasteiger charge is -2.34. The molecule has 2 aliphatic rings. The second-order valence-electron chi connectivity index (χ2n) is 8.46. The normalized spacial score (nSPS) is 20.8. The molecular weight excluding hydrogens is 415 g/mol. The molecule has 0 unspecified atom stereocenters. The number of ether oxygens (including phenoxy) is 1. The third-order valence-corrected chi connectivity index (χ3v) is 5.43. The van der Waals surface area contributed by atoms with Crippen LogP contribution in [0.25, 0.3) is 0 Å². The highest BCUT2D eigenvalue weighted by molar-refractivity contribution is 5.79. The van der Waals surface area contributed by atoms with E-state index in [1.54, 1.807) is 18.7 Å². The number of hydrogen-bond donors (Lipinski definition) is 1. The molecule has 11 heteroatoms. The zero-order chi connectivity index (χ0) is 22.9. The summed E-state index contributed by atoms with van der Waals surface area (Å²) >= 11 is 0. The smallest absolute Gasteiger partial charge is 0.367 e. The maximum absolute atomic E-state index is 13.5. The molecule has 0 aliphatic carbocycles. The van der Waals surface area contributed by atoms with Crippen LogP contribution < -0.4 is 5.73 Å². The van der Waals surface area contributed by atoms with Gasteiger partial charge in [0, 0.05) is 43.6 Å². The number of amides is 2. The van der Waals surface area contributed by atoms with Gasteiger partial charge in [-0.15, -0.1) is 0 Å². The van der Waals surface area contributed by atoms with E-state index in [-0.39, 0.29) is 80.0 Å². The van der Waals surface area contributed by atoms with E-state index in [0.717, 1.165) is 0 Å². The van der Waals surface area contributed by atoms with E-state index in [1.165, 1.54) is 4.90 Å². The van der Waals surface area contributed by atoms with Crippen LogP contribution in [0.4, 0.5) is 13.2 Å². The van der Waals surface area contributed by atoms with Gasteiger partial charge in [-0.25, -0.2) is 9.97 Å². The van der Waals surface area contributed by atoms with Gasteiger partial charge < -0.3 is 20.3 Å². The Bertz CT molecular complexity index is 846. The van der Waals surface area contributed by atoms with Gasteiger partial charge in [-0.2, -0.15) is 13.2 Å². The Balaban J connectivity index is 1.69. The molecule has 2 N–H and O–H groups in total. The molecule has 2 atom stereocenters. The molecule has 1 saturated heterocycles. The Labute approximate surface area is 178 Å². The summed E-state index contributed by atoms with van der Waals surface area (Å²) in [5.41, 5.74) is 5.48. The molecule has 3 rings (SSSR count). The molecule has 0 bridgehead atoms. The first kappa shape index (κ1) is 23.4. The summed E-state index contributed by atoms with van der Waals surface area (Å²) in [4.78, 5) is 35.8. The fraction of sp³-hybridized carbons (Fsp3) is 0.700. The number of rotatable bonds is 5. The van der Waals surface area contributed by atoms with Gasteiger partial charge in [0.25, 0.3) is 0 Å². The monoisotopic (exact) mass is 443 g/mol. The van der Waals surface area contributed by atoms with Crippen LogP contribution in [0, 0.1) is 0 Å². The van der Waals surface area contributed by atoms with Crippen molar-refractivity contribution in [1.29, 1.82) is 0 Å². The fourth-order valence-corrected chi connectivity index (χ4v) is 3.80. The first-order chi connectivity index (χ1) is 14.5. The van der Waals surface area contributed by atoms with Crippen molar-refractivity contribution < 1.29 is 27.5 Å². The lowest BCUT2D eigenvalue weighted by molar-refractivity contribution is -0.148. The number of nitrogens with two attached hydrogens (primary N) is 1. The number of nitrogens with zero attached hydrogens (tertiary/aromatic N) is 4. The minimum atomic E-state index is -4.58. The van der Waals surface area contributed by atoms with Gasteiger partial charge in [-0.05, 0) is 13.3 Å². The molecule has 1 fully saturated rings. The van der Waals surface area contributed by atoms with Crippen LogP contribution in [0.2, 0.25) is 0 Å². The van der Waals surface area contributed by atoms with Crippen molar-refractivity contribution >= 4 is 11.8 Å². The lowest BCUT2D eigenvalue weighted by Crippen LogP contribution is -2.51. The molecule has 2 amide bonds. The summed E-state index contributed by atoms with van der Waals surface area (Å²) in [6, 6.07) is -0.578. The second kappa shape index (κ2) is 9.07. The lowest BCUT2D eigenvalue weighted by atomic mass is 10.0. The molecule has 2 aliphatic heterocycles. The molecule has 1 aromatic heterocycles. The fourth-order valence-electron chi connectivity index (χ4n) is 3.80. The van der Waals surface area contributed by atoms with E-state index < -0.39 is 17.9 Å². The molecule has 0 spiro atoms. The van der Waals surface area contributed by atoms with Gasteiger partial charge in [0.2, 0.25) is 11.8 Å². The van der Waals surface area contributed by atoms with Crippen LogP contribution in [0.3, 0.4) is 0 Å². The minimum absolute atomic E-state index is 0.00975. The van der Waals surface area contributed by atoms with E-state index >= 15 is 0 Å². The van der Waals surface area contributed by atoms with Crippen molar-refractivity contribution in [3.63, 3.8) is 0 Å². The van der Waals surface area contributed by atoms with E-state index in [2.05, 4.69) is 9.97 Å². The second-order valence-corrected chi connectivity index (χ2v) is 8.46. The van der Waals surface area contributed by atoms with Crippen molar-refractivity contribution in [2.45, 2.75) is 64.4 Å². The highest BCUT2D eigenvalue weighted by atomic mass is 19.4. The highest BCUT2D eigenvalue weighted by Crippen LogP contribution is 2.34. The van der Waals surface area contributed by atoms with Crippen LogP contribution >= 0.6 is 0 Å². The molecule has 0 radical (unpaired) electrons. The van der Waals surface area contributed by atoms with Crippen LogP contribution in [0.1, 0.15) is 55.9 Å². The summed E-state index contributed by atoms with van der Waals surface area (Å²) in [6.07, 6.45) is -4.66. The van der Waals surface area contributed by atoms with Crippen molar-refractivity contribution in [2.24, 2.45) is 5.73 Å². The maximum Gasteiger partial charge on any atom is 0.433 e. The summed E-state index contributed by atoms with van der Waals surface area (Å²) in [6.45, 7) is 6.04. The third kappa shape index (κ3) is 5.51. The van der Waals surface area contributed by atoms with Crippen LogP contribution in [0.5, 0.6) is 0 Å². The van der Waals surface area contributed by atoms with E-state index in [4.69, 9.17) is 10.5 Å². The Morgan fingerprint density at radius 3 is 2.68 bits per heavy atom. The number of alkyl halides is 3. The summed E-state index contributed by atoms with van der Waals surface area (Å²) < 4.78 is 45.8. The Hall–Kier alpha value is -2.27. The van der Waals surface area contributed by atoms with Gasteiger partial charge >= 0.3 is 6.18 Å². The average Bonchev–Trinajstić information content (AvgIpc) is 2.68. The molecule has 3 heterocycles. The Kier molecular flexibility index (Phi) is 6.85. The predicted molar refractivity (Wildman–Crippen MR) is 105 cm³/mol. The summed E-state index contributed by atoms with van der Waals surface area (Å²) in [5.74, 6) is -0.618. The zero-order valence-electron chi connectivity index (χ0n) is 17.9. The van der Waals surface area contributed by atoms with Crippen LogP contribution in [0.15, 0.2) is 0 Å². The third-order valence-electron chi connectivity index (χ3n) is 5.43. The number of aromatic nitrogens is 2. The summed E-state index contributed by atoms with van der Waals surface area (Å²) in [7, 11) is 0. The topological polar surface area (TPSA) is 102 Å². The molecule has 0 aromatic carbocycles. The summed E-state index contributed by atoms with van der Waals surface area (Å²) in [5, 5.41) is 0. The number of fused-ring (bicyclic) bond motifs is 1. The number of halogens is 3. The Morgan fingerprint density at radius 1 is 1.32 bits per heavy atom. The van der Waals surface area contributed by atoms with Crippen LogP contribution in [-0.2, 0) is 33.5 Å². The van der Waals surface area contributed by atoms with Crippen molar-refractivity contribution in [3.05, 3.63) is 22.8 Å². The Morgan fingerprint density at radius 2 is 2.03 bits per heavy atom. The molecule has 31 heavy (non-hydrogen) atoms. The van der Waals surface area contributed by atoms with Crippen molar-refractivity contribution in [1.82, 2.24) is 19.8 Å². The largest absolute Gasteiger partial charge is 0.433 e. The van der Waals surface area contributed by atoms with E-state index in [0.29, 0.717) is 6.54 Å². The maximum atomic E-state index is 13.5. The van der Waals surface area contributed by atoms with E-state index in [1.807, 2.05) is 6.92 Å². The quantitative estimate of drug-likeness (QED) is 0.740. The first-order valence-corrected chi connectivity index (χ1v) is 10.3. The van der Waals surface area contributed by atoms with Crippen molar-refractivity contribution in [2.75, 3.05) is 26.2 Å². The van der Waals surface area contributed by atoms with Gasteiger partial charge in [-0.1, -0.05) is 13.8 Å². The molecule has 0 saturated carbocycles. The first-order valence-electron chi connectivity index (χ1n) is 10.3. The predicted octanol–water partition coefficient (Wildman–Crippen LogP) is 1.47. The molecule has 172 valence electrons. The number of morpholine rings is 1. The standard InChI is InChI=1S/C20H28F3N5O3/c1-11(2)19-25-15-9-27(5-4-14(15)18(26-19)20(21,22)23)16(29)6-13(24)8-28-7-12(3)31-10-17(28)30/h11-13H,4-10,24H2,1-3H3/t12-,13-/m0/s1.